The Hall–Kier alpha value is -2.47. The van der Waals surface area contributed by atoms with Crippen LogP contribution in [-0.4, -0.2) is 39.8 Å². The minimum absolute atomic E-state index is 0.0204. The Labute approximate surface area is 157 Å². The maximum Gasteiger partial charge on any atom is 0.260 e. The van der Waals surface area contributed by atoms with Gasteiger partial charge in [-0.15, -0.1) is 0 Å². The number of hydrogen-bond acceptors (Lipinski definition) is 4. The van der Waals surface area contributed by atoms with E-state index in [0.717, 1.165) is 29.7 Å². The lowest BCUT2D eigenvalue weighted by Gasteiger charge is -2.35. The quantitative estimate of drug-likeness (QED) is 0.902. The van der Waals surface area contributed by atoms with E-state index in [9.17, 15) is 14.3 Å². The second-order valence-electron chi connectivity index (χ2n) is 7.45. The third-order valence-electron chi connectivity index (χ3n) is 5.62. The molecule has 1 amide bonds. The number of amides is 1. The first-order valence-corrected chi connectivity index (χ1v) is 9.31. The lowest BCUT2D eigenvalue weighted by molar-refractivity contribution is 0.0115. The van der Waals surface area contributed by atoms with Crippen molar-refractivity contribution in [1.82, 2.24) is 9.88 Å². The summed E-state index contributed by atoms with van der Waals surface area (Å²) in [7, 11) is 0. The Morgan fingerprint density at radius 3 is 2.81 bits per heavy atom. The number of aliphatic hydroxyl groups excluding tert-OH is 1. The molecular weight excluding hydrogens is 347 g/mol. The molecule has 2 aromatic rings. The van der Waals surface area contributed by atoms with Gasteiger partial charge in [-0.2, -0.15) is 0 Å². The average molecular weight is 370 g/mol. The summed E-state index contributed by atoms with van der Waals surface area (Å²) < 4.78 is 20.5. The van der Waals surface area contributed by atoms with E-state index < -0.39 is 11.9 Å². The molecule has 2 atom stereocenters. The number of nitrogens with zero attached hydrogens (tertiary/aromatic N) is 2. The van der Waals surface area contributed by atoms with Gasteiger partial charge in [-0.25, -0.2) is 4.39 Å². The first-order chi connectivity index (χ1) is 13.0. The van der Waals surface area contributed by atoms with E-state index in [4.69, 9.17) is 4.74 Å². The highest BCUT2D eigenvalue weighted by Gasteiger charge is 2.38. The van der Waals surface area contributed by atoms with Crippen LogP contribution in [0.1, 0.15) is 52.0 Å². The molecule has 1 aliphatic carbocycles. The molecule has 1 aliphatic heterocycles. The van der Waals surface area contributed by atoms with E-state index in [2.05, 4.69) is 4.98 Å². The molecule has 6 heteroatoms. The van der Waals surface area contributed by atoms with Gasteiger partial charge in [0.25, 0.3) is 5.91 Å². The predicted molar refractivity (Wildman–Crippen MR) is 98.2 cm³/mol. The smallest absolute Gasteiger partial charge is 0.260 e. The number of pyridine rings is 1. The van der Waals surface area contributed by atoms with Crippen molar-refractivity contribution in [2.24, 2.45) is 0 Å². The number of aliphatic hydroxyl groups is 1. The van der Waals surface area contributed by atoms with Crippen LogP contribution in [0.15, 0.2) is 24.4 Å². The van der Waals surface area contributed by atoms with E-state index in [1.54, 1.807) is 19.2 Å². The highest BCUT2D eigenvalue weighted by Crippen LogP contribution is 2.36. The summed E-state index contributed by atoms with van der Waals surface area (Å²) >= 11 is 0. The summed E-state index contributed by atoms with van der Waals surface area (Å²) in [5, 5.41) is 10.1. The van der Waals surface area contributed by atoms with Crippen LogP contribution >= 0.6 is 0 Å². The minimum Gasteiger partial charge on any atom is -0.469 e. The predicted octanol–water partition coefficient (Wildman–Crippen LogP) is 3.13. The third-order valence-corrected chi connectivity index (χ3v) is 5.62. The molecular formula is C21H23FN2O3. The van der Waals surface area contributed by atoms with Crippen molar-refractivity contribution in [3.05, 3.63) is 58.2 Å². The Balaban J connectivity index is 1.68. The van der Waals surface area contributed by atoms with Gasteiger partial charge < -0.3 is 9.84 Å². The molecule has 142 valence electrons. The molecule has 1 fully saturated rings. The molecule has 1 aromatic carbocycles. The molecule has 1 aromatic heterocycles. The Morgan fingerprint density at radius 1 is 1.33 bits per heavy atom. The first-order valence-electron chi connectivity index (χ1n) is 9.31. The van der Waals surface area contributed by atoms with Gasteiger partial charge in [0.05, 0.1) is 17.7 Å². The zero-order chi connectivity index (χ0) is 19.1. The number of halogens is 1. The molecule has 1 saturated carbocycles. The van der Waals surface area contributed by atoms with Crippen LogP contribution in [0.25, 0.3) is 0 Å². The summed E-state index contributed by atoms with van der Waals surface area (Å²) in [4.78, 5) is 18.8. The largest absolute Gasteiger partial charge is 0.469 e. The average Bonchev–Trinajstić information content (AvgIpc) is 3.08. The first kappa shape index (κ1) is 17.9. The van der Waals surface area contributed by atoms with Crippen LogP contribution in [0.5, 0.6) is 5.75 Å². The fourth-order valence-corrected chi connectivity index (χ4v) is 3.96. The summed E-state index contributed by atoms with van der Waals surface area (Å²) in [5.41, 5.74) is 3.33. The lowest BCUT2D eigenvalue weighted by atomic mass is 9.96. The normalized spacial score (nSPS) is 21.9. The molecule has 2 heterocycles. The molecule has 0 bridgehead atoms. The molecule has 0 spiro atoms. The van der Waals surface area contributed by atoms with Gasteiger partial charge in [0.2, 0.25) is 0 Å². The minimum atomic E-state index is -0.549. The van der Waals surface area contributed by atoms with Crippen LogP contribution < -0.4 is 4.74 Å². The summed E-state index contributed by atoms with van der Waals surface area (Å²) in [6.07, 6.45) is 3.99. The Kier molecular flexibility index (Phi) is 4.60. The van der Waals surface area contributed by atoms with Gasteiger partial charge in [0.15, 0.2) is 18.3 Å². The number of carbonyl (C=O) groups is 1. The number of ether oxygens (including phenoxy) is 1. The van der Waals surface area contributed by atoms with Crippen LogP contribution in [-0.2, 0) is 6.42 Å². The summed E-state index contributed by atoms with van der Waals surface area (Å²) in [6, 6.07) is 5.33. The fraction of sp³-hybridized carbons (Fsp3) is 0.429. The molecule has 5 nitrogen and oxygen atoms in total. The third kappa shape index (κ3) is 3.18. The summed E-state index contributed by atoms with van der Waals surface area (Å²) in [6.45, 7) is 3.59. The van der Waals surface area contributed by atoms with E-state index in [1.165, 1.54) is 4.90 Å². The summed E-state index contributed by atoms with van der Waals surface area (Å²) in [5.74, 6) is -0.737. The van der Waals surface area contributed by atoms with E-state index >= 15 is 0 Å². The maximum atomic E-state index is 14.9. The van der Waals surface area contributed by atoms with Crippen molar-refractivity contribution in [3.63, 3.8) is 0 Å². The van der Waals surface area contributed by atoms with Crippen molar-refractivity contribution in [2.75, 3.05) is 6.73 Å². The molecule has 27 heavy (non-hydrogen) atoms. The van der Waals surface area contributed by atoms with E-state index in [1.807, 2.05) is 19.1 Å². The number of benzene rings is 1. The number of carbonyl (C=O) groups excluding carboxylic acids is 1. The topological polar surface area (TPSA) is 62.7 Å². The van der Waals surface area contributed by atoms with Gasteiger partial charge in [0, 0.05) is 11.9 Å². The van der Waals surface area contributed by atoms with Crippen LogP contribution in [0.2, 0.25) is 0 Å². The van der Waals surface area contributed by atoms with Crippen molar-refractivity contribution in [1.29, 1.82) is 0 Å². The lowest BCUT2D eigenvalue weighted by Crippen LogP contribution is -2.48. The SMILES string of the molecule is Cc1ccc(Cc2cc3c(c(F)c2C)OCN([C@H]2CCC[C@@H]2O)C3=O)cn1. The second-order valence-corrected chi connectivity index (χ2v) is 7.45. The molecule has 0 saturated heterocycles. The van der Waals surface area contributed by atoms with Gasteiger partial charge in [-0.1, -0.05) is 6.07 Å². The van der Waals surface area contributed by atoms with Crippen LogP contribution in [0.3, 0.4) is 0 Å². The zero-order valence-corrected chi connectivity index (χ0v) is 15.5. The van der Waals surface area contributed by atoms with E-state index in [-0.39, 0.29) is 30.0 Å². The van der Waals surface area contributed by atoms with Crippen molar-refractivity contribution >= 4 is 5.91 Å². The van der Waals surface area contributed by atoms with Crippen molar-refractivity contribution < 1.29 is 19.0 Å². The Bertz CT molecular complexity index is 882. The molecule has 4 rings (SSSR count). The highest BCUT2D eigenvalue weighted by molar-refractivity contribution is 5.98. The van der Waals surface area contributed by atoms with Gasteiger partial charge in [-0.3, -0.25) is 14.7 Å². The van der Waals surface area contributed by atoms with Gasteiger partial charge >= 0.3 is 0 Å². The highest BCUT2D eigenvalue weighted by atomic mass is 19.1. The zero-order valence-electron chi connectivity index (χ0n) is 15.5. The number of aromatic nitrogens is 1. The number of fused-ring (bicyclic) bond motifs is 1. The Morgan fingerprint density at radius 2 is 2.15 bits per heavy atom. The van der Waals surface area contributed by atoms with Crippen LogP contribution in [0.4, 0.5) is 4.39 Å². The standard InChI is InChI=1S/C21H23FN2O3/c1-12-6-7-14(10-23-12)8-15-9-16-20(19(22)13(15)2)27-11-24(21(16)26)17-4-3-5-18(17)25/h6-7,9-10,17-18,25H,3-5,8,11H2,1-2H3/t17-,18-/m0/s1. The number of hydrogen-bond donors (Lipinski definition) is 1. The number of rotatable bonds is 3. The number of aryl methyl sites for hydroxylation is 1. The maximum absolute atomic E-state index is 14.9. The van der Waals surface area contributed by atoms with Gasteiger partial charge in [-0.05, 0) is 68.4 Å². The van der Waals surface area contributed by atoms with Crippen LogP contribution in [0, 0.1) is 19.7 Å². The fourth-order valence-electron chi connectivity index (χ4n) is 3.96. The molecule has 2 aliphatic rings. The van der Waals surface area contributed by atoms with Crippen molar-refractivity contribution in [3.8, 4) is 5.75 Å². The van der Waals surface area contributed by atoms with Crippen molar-refractivity contribution in [2.45, 2.75) is 51.7 Å². The second kappa shape index (κ2) is 6.93. The molecule has 0 unspecified atom stereocenters. The molecule has 1 N–H and O–H groups in total. The molecule has 0 radical (unpaired) electrons. The van der Waals surface area contributed by atoms with Gasteiger partial charge in [0.1, 0.15) is 0 Å². The van der Waals surface area contributed by atoms with E-state index in [0.29, 0.717) is 18.4 Å². The monoisotopic (exact) mass is 370 g/mol.